The molecular formula is C20H22F3NO7S2. The Morgan fingerprint density at radius 2 is 1.61 bits per heavy atom. The third-order valence-corrected chi connectivity index (χ3v) is 8.31. The fraction of sp³-hybridized carbons (Fsp3) is 0.400. The minimum absolute atomic E-state index is 0.0181. The summed E-state index contributed by atoms with van der Waals surface area (Å²) in [6.07, 6.45) is -1.15. The molecule has 2 N–H and O–H groups in total. The maximum Gasteiger partial charge on any atom is 0.534 e. The second-order valence-electron chi connectivity index (χ2n) is 7.69. The number of aryl methyl sites for hydroxylation is 1. The highest BCUT2D eigenvalue weighted by molar-refractivity contribution is 7.89. The van der Waals surface area contributed by atoms with Crippen LogP contribution < -0.4 is 4.18 Å². The van der Waals surface area contributed by atoms with Crippen LogP contribution in [-0.4, -0.2) is 62.2 Å². The highest BCUT2D eigenvalue weighted by Gasteiger charge is 2.48. The van der Waals surface area contributed by atoms with Crippen LogP contribution in [0.5, 0.6) is 5.75 Å². The molecule has 2 aromatic rings. The minimum Gasteiger partial charge on any atom is -0.395 e. The molecule has 0 amide bonds. The molecule has 1 saturated heterocycles. The second-order valence-corrected chi connectivity index (χ2v) is 11.1. The second kappa shape index (κ2) is 9.22. The highest BCUT2D eigenvalue weighted by atomic mass is 32.2. The number of aliphatic hydroxyl groups is 2. The lowest BCUT2D eigenvalue weighted by molar-refractivity contribution is -0.0500. The van der Waals surface area contributed by atoms with Crippen molar-refractivity contribution in [3.8, 4) is 5.75 Å². The normalized spacial score (nSPS) is 22.8. The van der Waals surface area contributed by atoms with E-state index in [1.54, 1.807) is 19.1 Å². The molecular weight excluding hydrogens is 487 g/mol. The van der Waals surface area contributed by atoms with Crippen molar-refractivity contribution in [1.82, 2.24) is 4.31 Å². The summed E-state index contributed by atoms with van der Waals surface area (Å²) in [6, 6.07) is 9.87. The monoisotopic (exact) mass is 509 g/mol. The number of sulfonamides is 1. The molecule has 3 rings (SSSR count). The number of halogens is 3. The average molecular weight is 510 g/mol. The summed E-state index contributed by atoms with van der Waals surface area (Å²) >= 11 is 0. The molecule has 1 fully saturated rings. The van der Waals surface area contributed by atoms with Gasteiger partial charge >= 0.3 is 15.6 Å². The maximum atomic E-state index is 13.1. The number of benzene rings is 2. The molecule has 182 valence electrons. The van der Waals surface area contributed by atoms with Crippen LogP contribution in [-0.2, 0) is 20.1 Å². The van der Waals surface area contributed by atoms with Gasteiger partial charge in [0.2, 0.25) is 10.0 Å². The predicted octanol–water partition coefficient (Wildman–Crippen LogP) is 2.12. The van der Waals surface area contributed by atoms with Gasteiger partial charge in [0.1, 0.15) is 5.75 Å². The van der Waals surface area contributed by atoms with Gasteiger partial charge < -0.3 is 14.4 Å². The van der Waals surface area contributed by atoms with Crippen LogP contribution in [0.1, 0.15) is 23.5 Å². The van der Waals surface area contributed by atoms with Crippen molar-refractivity contribution in [2.45, 2.75) is 41.8 Å². The Hall–Kier alpha value is -2.19. The van der Waals surface area contributed by atoms with E-state index in [0.29, 0.717) is 5.56 Å². The van der Waals surface area contributed by atoms with Crippen molar-refractivity contribution in [3.63, 3.8) is 0 Å². The topological polar surface area (TPSA) is 121 Å². The number of aliphatic hydroxyl groups excluding tert-OH is 2. The summed E-state index contributed by atoms with van der Waals surface area (Å²) in [5, 5.41) is 20.5. The number of piperidine rings is 1. The number of β-amino-alcohol motifs (C(OH)–C–C–N with tert-alkyl or cyclic N) is 1. The fourth-order valence-corrected chi connectivity index (χ4v) is 5.74. The van der Waals surface area contributed by atoms with Crippen molar-refractivity contribution < 1.29 is 44.4 Å². The Morgan fingerprint density at radius 3 is 2.12 bits per heavy atom. The summed E-state index contributed by atoms with van der Waals surface area (Å²) in [5.41, 5.74) is -4.29. The molecule has 3 atom stereocenters. The van der Waals surface area contributed by atoms with Gasteiger partial charge in [-0.2, -0.15) is 25.9 Å². The van der Waals surface area contributed by atoms with Gasteiger partial charge in [-0.3, -0.25) is 0 Å². The minimum atomic E-state index is -5.82. The van der Waals surface area contributed by atoms with Crippen LogP contribution in [0.15, 0.2) is 53.4 Å². The molecule has 1 aliphatic rings. The standard InChI is InChI=1S/C20H22F3NO7S2/c1-13-2-8-17(9-3-13)32(27,28)24-11-19(26)18(10-15(24)12-25)14-4-6-16(7-5-14)31-33(29,30)20(21,22)23/h2-9,15,18-19,25-26H,10-12H2,1H3/t15-,18+,19-/m0/s1. The number of hydrogen-bond acceptors (Lipinski definition) is 7. The van der Waals surface area contributed by atoms with Crippen LogP contribution >= 0.6 is 0 Å². The Labute approximate surface area is 189 Å². The smallest absolute Gasteiger partial charge is 0.395 e. The first-order valence-electron chi connectivity index (χ1n) is 9.74. The average Bonchev–Trinajstić information content (AvgIpc) is 2.73. The van der Waals surface area contributed by atoms with E-state index in [-0.39, 0.29) is 17.9 Å². The molecule has 1 aliphatic heterocycles. The van der Waals surface area contributed by atoms with Crippen molar-refractivity contribution in [2.24, 2.45) is 0 Å². The van der Waals surface area contributed by atoms with E-state index in [1.807, 2.05) is 0 Å². The number of rotatable bonds is 6. The zero-order valence-corrected chi connectivity index (χ0v) is 18.9. The van der Waals surface area contributed by atoms with E-state index < -0.39 is 56.1 Å². The van der Waals surface area contributed by atoms with Crippen LogP contribution in [0.3, 0.4) is 0 Å². The first-order chi connectivity index (χ1) is 15.3. The van der Waals surface area contributed by atoms with E-state index in [1.165, 1.54) is 24.3 Å². The molecule has 0 unspecified atom stereocenters. The van der Waals surface area contributed by atoms with E-state index in [4.69, 9.17) is 0 Å². The van der Waals surface area contributed by atoms with Crippen LogP contribution in [0.2, 0.25) is 0 Å². The lowest BCUT2D eigenvalue weighted by atomic mass is 9.84. The third-order valence-electron chi connectivity index (χ3n) is 5.40. The first-order valence-corrected chi connectivity index (χ1v) is 12.6. The molecule has 0 spiro atoms. The summed E-state index contributed by atoms with van der Waals surface area (Å²) in [6.45, 7) is 0.975. The molecule has 1 heterocycles. The van der Waals surface area contributed by atoms with Gasteiger partial charge in [0.25, 0.3) is 0 Å². The van der Waals surface area contributed by atoms with Gasteiger partial charge in [0.15, 0.2) is 0 Å². The molecule has 0 aromatic heterocycles. The fourth-order valence-electron chi connectivity index (χ4n) is 3.64. The molecule has 0 saturated carbocycles. The zero-order valence-electron chi connectivity index (χ0n) is 17.3. The molecule has 2 aromatic carbocycles. The summed E-state index contributed by atoms with van der Waals surface area (Å²) in [5.74, 6) is -1.22. The van der Waals surface area contributed by atoms with Crippen molar-refractivity contribution >= 4 is 20.1 Å². The molecule has 13 heteroatoms. The Bertz CT molecular complexity index is 1180. The zero-order chi connectivity index (χ0) is 24.6. The lowest BCUT2D eigenvalue weighted by Gasteiger charge is -2.40. The highest BCUT2D eigenvalue weighted by Crippen LogP contribution is 2.36. The first kappa shape index (κ1) is 25.4. The summed E-state index contributed by atoms with van der Waals surface area (Å²) < 4.78 is 90.9. The van der Waals surface area contributed by atoms with Crippen molar-refractivity contribution in [1.29, 1.82) is 0 Å². The quantitative estimate of drug-likeness (QED) is 0.452. The van der Waals surface area contributed by atoms with Gasteiger partial charge in [-0.05, 0) is 43.2 Å². The van der Waals surface area contributed by atoms with Crippen molar-refractivity contribution in [2.75, 3.05) is 13.2 Å². The molecule has 0 radical (unpaired) electrons. The Balaban J connectivity index is 1.80. The number of nitrogens with zero attached hydrogens (tertiary/aromatic N) is 1. The molecule has 0 bridgehead atoms. The third kappa shape index (κ3) is 5.32. The molecule has 8 nitrogen and oxygen atoms in total. The number of hydrogen-bond donors (Lipinski definition) is 2. The summed E-state index contributed by atoms with van der Waals surface area (Å²) in [4.78, 5) is 0.0181. The van der Waals surface area contributed by atoms with Gasteiger partial charge in [0, 0.05) is 18.5 Å². The van der Waals surface area contributed by atoms with Gasteiger partial charge in [-0.15, -0.1) is 0 Å². The van der Waals surface area contributed by atoms with E-state index >= 15 is 0 Å². The van der Waals surface area contributed by atoms with Crippen molar-refractivity contribution in [3.05, 3.63) is 59.7 Å². The van der Waals surface area contributed by atoms with Crippen LogP contribution in [0.4, 0.5) is 13.2 Å². The van der Waals surface area contributed by atoms with Crippen LogP contribution in [0.25, 0.3) is 0 Å². The lowest BCUT2D eigenvalue weighted by Crippen LogP contribution is -2.52. The Morgan fingerprint density at radius 1 is 1.03 bits per heavy atom. The Kier molecular flexibility index (Phi) is 7.10. The predicted molar refractivity (Wildman–Crippen MR) is 111 cm³/mol. The largest absolute Gasteiger partial charge is 0.534 e. The summed E-state index contributed by atoms with van der Waals surface area (Å²) in [7, 11) is -9.82. The van der Waals surface area contributed by atoms with Gasteiger partial charge in [0.05, 0.1) is 17.6 Å². The SMILES string of the molecule is Cc1ccc(S(=O)(=O)N2C[C@H](O)[C@@H](c3ccc(OS(=O)(=O)C(F)(F)F)cc3)C[C@H]2CO)cc1. The van der Waals surface area contributed by atoms with E-state index in [0.717, 1.165) is 22.0 Å². The molecule has 0 aliphatic carbocycles. The van der Waals surface area contributed by atoms with E-state index in [2.05, 4.69) is 4.18 Å². The maximum absolute atomic E-state index is 13.1. The van der Waals surface area contributed by atoms with Crippen LogP contribution in [0, 0.1) is 6.92 Å². The van der Waals surface area contributed by atoms with Gasteiger partial charge in [-0.1, -0.05) is 29.8 Å². The molecule has 33 heavy (non-hydrogen) atoms. The number of alkyl halides is 3. The van der Waals surface area contributed by atoms with Gasteiger partial charge in [-0.25, -0.2) is 8.42 Å². The van der Waals surface area contributed by atoms with E-state index in [9.17, 15) is 40.2 Å².